The van der Waals surface area contributed by atoms with Gasteiger partial charge in [0.15, 0.2) is 12.1 Å². The lowest BCUT2D eigenvalue weighted by Crippen LogP contribution is -2.60. The minimum absolute atomic E-state index is 0.197. The molecule has 3 heterocycles. The van der Waals surface area contributed by atoms with Crippen molar-refractivity contribution in [3.05, 3.63) is 0 Å². The van der Waals surface area contributed by atoms with E-state index in [1.807, 2.05) is 39.8 Å². The third kappa shape index (κ3) is 9.14. The maximum absolute atomic E-state index is 14.1. The van der Waals surface area contributed by atoms with Gasteiger partial charge in [0, 0.05) is 37.5 Å². The average molecular weight is 686 g/mol. The van der Waals surface area contributed by atoms with Crippen LogP contribution in [0.3, 0.4) is 0 Å². The highest BCUT2D eigenvalue weighted by molar-refractivity contribution is 6.00. The Bertz CT molecular complexity index is 1100. The number of cyclic esters (lactones) is 1. The summed E-state index contributed by atoms with van der Waals surface area (Å²) in [5.41, 5.74) is -2.57. The summed E-state index contributed by atoms with van der Waals surface area (Å²) in [5.74, 6) is -4.52. The van der Waals surface area contributed by atoms with Crippen LogP contribution in [0.25, 0.3) is 0 Å². The normalized spacial score (nSPS) is 43.5. The molecule has 3 N–H and O–H groups in total. The lowest BCUT2D eigenvalue weighted by atomic mass is 9.74. The van der Waals surface area contributed by atoms with Gasteiger partial charge in [-0.3, -0.25) is 14.5 Å². The van der Waals surface area contributed by atoms with E-state index in [9.17, 15) is 24.9 Å². The van der Waals surface area contributed by atoms with Crippen LogP contribution in [0.15, 0.2) is 5.16 Å². The van der Waals surface area contributed by atoms with Gasteiger partial charge in [0.1, 0.15) is 30.3 Å². The number of carbonyl (C=O) groups excluding carboxylic acids is 2. The second kappa shape index (κ2) is 17.0. The summed E-state index contributed by atoms with van der Waals surface area (Å²) in [6, 6.07) is -0.252. The highest BCUT2D eigenvalue weighted by Crippen LogP contribution is 2.38. The zero-order valence-electron chi connectivity index (χ0n) is 31.0. The van der Waals surface area contributed by atoms with E-state index in [0.717, 1.165) is 19.5 Å². The Hall–Kier alpha value is -1.71. The minimum atomic E-state index is -1.87. The maximum Gasteiger partial charge on any atom is 0.316 e. The number of esters is 1. The van der Waals surface area contributed by atoms with E-state index in [1.165, 1.54) is 21.0 Å². The van der Waals surface area contributed by atoms with Gasteiger partial charge in [0.2, 0.25) is 0 Å². The number of carbonyl (C=O) groups is 2. The Labute approximate surface area is 287 Å². The molecular weight excluding hydrogens is 622 g/mol. The minimum Gasteiger partial charge on any atom is -0.459 e. The Balaban J connectivity index is 2.09. The SMILES string of the molecule is CCC1OC(=O)[C@H](C)C(=O)[C@H](C)[C@@H](O[C@@H]2O[C@H](C)C[C@H](N(C)C)[C@H]2O)[C@](C)(OC)C[C@@H](C)C(=NOCCN2CCC2)[C@H](C)C(O)[C@]1(C)O. The molecule has 0 aromatic carbocycles. The van der Waals surface area contributed by atoms with E-state index in [1.54, 1.807) is 20.8 Å². The highest BCUT2D eigenvalue weighted by Gasteiger charge is 2.51. The zero-order valence-corrected chi connectivity index (χ0v) is 31.0. The summed E-state index contributed by atoms with van der Waals surface area (Å²) in [5, 5.41) is 39.3. The van der Waals surface area contributed by atoms with Crippen molar-refractivity contribution in [2.45, 2.75) is 135 Å². The van der Waals surface area contributed by atoms with Crippen LogP contribution in [0, 0.1) is 23.7 Å². The Morgan fingerprint density at radius 1 is 1.06 bits per heavy atom. The second-order valence-electron chi connectivity index (χ2n) is 15.0. The number of Topliss-reactive ketones (excluding diaryl/α,β-unsaturated/α-hetero) is 1. The van der Waals surface area contributed by atoms with Crippen molar-refractivity contribution < 1.29 is 48.7 Å². The number of likely N-dealkylation sites (tertiary alicyclic amines) is 1. The van der Waals surface area contributed by atoms with Crippen LogP contribution in [0.4, 0.5) is 0 Å². The summed E-state index contributed by atoms with van der Waals surface area (Å²) >= 11 is 0. The second-order valence-corrected chi connectivity index (χ2v) is 15.0. The van der Waals surface area contributed by atoms with E-state index < -0.39 is 77.3 Å². The number of nitrogens with zero attached hydrogens (tertiary/aromatic N) is 3. The summed E-state index contributed by atoms with van der Waals surface area (Å²) in [6.45, 7) is 16.8. The number of aliphatic hydroxyl groups excluding tert-OH is 2. The van der Waals surface area contributed by atoms with Crippen molar-refractivity contribution in [2.75, 3.05) is 47.4 Å². The third-order valence-electron chi connectivity index (χ3n) is 11.0. The van der Waals surface area contributed by atoms with Gasteiger partial charge in [-0.15, -0.1) is 0 Å². The molecule has 3 saturated heterocycles. The monoisotopic (exact) mass is 685 g/mol. The fourth-order valence-corrected chi connectivity index (χ4v) is 7.51. The van der Waals surface area contributed by atoms with Crippen molar-refractivity contribution in [1.29, 1.82) is 0 Å². The Morgan fingerprint density at radius 2 is 1.71 bits per heavy atom. The van der Waals surface area contributed by atoms with Gasteiger partial charge in [-0.1, -0.05) is 32.9 Å². The van der Waals surface area contributed by atoms with Crippen LogP contribution in [0.5, 0.6) is 0 Å². The number of likely N-dealkylation sites (N-methyl/N-ethyl adjacent to an activating group) is 1. The topological polar surface area (TPSA) is 160 Å². The first-order valence-electron chi connectivity index (χ1n) is 17.7. The molecule has 0 saturated carbocycles. The molecule has 278 valence electrons. The molecule has 13 atom stereocenters. The Kier molecular flexibility index (Phi) is 14.4. The van der Waals surface area contributed by atoms with Gasteiger partial charge in [-0.25, -0.2) is 0 Å². The predicted molar refractivity (Wildman–Crippen MR) is 180 cm³/mol. The molecule has 0 radical (unpaired) electrons. The van der Waals surface area contributed by atoms with Crippen LogP contribution >= 0.6 is 0 Å². The van der Waals surface area contributed by atoms with Crippen LogP contribution in [-0.4, -0.2) is 144 Å². The molecule has 0 amide bonds. The van der Waals surface area contributed by atoms with Gasteiger partial charge in [0.05, 0.1) is 29.6 Å². The molecule has 3 rings (SSSR count). The lowest BCUT2D eigenvalue weighted by molar-refractivity contribution is -0.295. The van der Waals surface area contributed by atoms with E-state index in [2.05, 4.69) is 10.1 Å². The zero-order chi connectivity index (χ0) is 36.1. The van der Waals surface area contributed by atoms with Crippen molar-refractivity contribution in [3.63, 3.8) is 0 Å². The number of methoxy groups -OCH3 is 1. The average Bonchev–Trinajstić information content (AvgIpc) is 3.01. The van der Waals surface area contributed by atoms with Crippen molar-refractivity contribution >= 4 is 17.5 Å². The number of ether oxygens (including phenoxy) is 4. The van der Waals surface area contributed by atoms with Crippen molar-refractivity contribution in [3.8, 4) is 0 Å². The van der Waals surface area contributed by atoms with E-state index in [-0.39, 0.29) is 25.0 Å². The van der Waals surface area contributed by atoms with E-state index in [0.29, 0.717) is 25.3 Å². The molecule has 0 spiro atoms. The fraction of sp³-hybridized carbons (Fsp3) is 0.914. The first kappa shape index (κ1) is 40.7. The number of hydrogen-bond acceptors (Lipinski definition) is 13. The summed E-state index contributed by atoms with van der Waals surface area (Å²) < 4.78 is 24.7. The lowest BCUT2D eigenvalue weighted by Gasteiger charge is -2.47. The number of oxime groups is 1. The molecule has 0 aromatic rings. The molecule has 0 aliphatic carbocycles. The molecule has 13 heteroatoms. The first-order chi connectivity index (χ1) is 22.4. The molecule has 3 aliphatic heterocycles. The van der Waals surface area contributed by atoms with Crippen molar-refractivity contribution in [2.24, 2.45) is 28.8 Å². The largest absolute Gasteiger partial charge is 0.459 e. The predicted octanol–water partition coefficient (Wildman–Crippen LogP) is 2.23. The van der Waals surface area contributed by atoms with E-state index in [4.69, 9.17) is 23.8 Å². The van der Waals surface area contributed by atoms with Crippen LogP contribution < -0.4 is 0 Å². The van der Waals surface area contributed by atoms with Crippen LogP contribution in [-0.2, 0) is 33.4 Å². The Morgan fingerprint density at radius 3 is 2.25 bits per heavy atom. The molecule has 3 aliphatic rings. The van der Waals surface area contributed by atoms with Crippen molar-refractivity contribution in [1.82, 2.24) is 9.80 Å². The highest BCUT2D eigenvalue weighted by atomic mass is 16.7. The molecular formula is C35H63N3O10. The quantitative estimate of drug-likeness (QED) is 0.141. The molecule has 48 heavy (non-hydrogen) atoms. The number of rotatable bonds is 9. The van der Waals surface area contributed by atoms with E-state index >= 15 is 0 Å². The molecule has 0 bridgehead atoms. The van der Waals surface area contributed by atoms with Gasteiger partial charge < -0.3 is 44.0 Å². The summed E-state index contributed by atoms with van der Waals surface area (Å²) in [6.07, 6.45) is -3.62. The number of hydrogen-bond donors (Lipinski definition) is 3. The van der Waals surface area contributed by atoms with Crippen LogP contribution in [0.2, 0.25) is 0 Å². The smallest absolute Gasteiger partial charge is 0.316 e. The van der Waals surface area contributed by atoms with Gasteiger partial charge in [-0.2, -0.15) is 0 Å². The molecule has 13 nitrogen and oxygen atoms in total. The molecule has 2 unspecified atom stereocenters. The number of aliphatic hydroxyl groups is 3. The number of ketones is 1. The summed E-state index contributed by atoms with van der Waals surface area (Å²) in [7, 11) is 5.29. The van der Waals surface area contributed by atoms with Gasteiger partial charge in [0.25, 0.3) is 0 Å². The molecule has 3 fully saturated rings. The maximum atomic E-state index is 14.1. The third-order valence-corrected chi connectivity index (χ3v) is 11.0. The fourth-order valence-electron chi connectivity index (χ4n) is 7.51. The first-order valence-corrected chi connectivity index (χ1v) is 17.7. The standard InChI is InChI=1S/C35H63N3O10/c1-12-26-35(8,43)30(41)22(4)27(36-45-17-16-38-14-13-15-38)20(2)19-34(7,44-11)31(23(5)28(39)24(6)32(42)47-26)48-33-29(40)25(37(9)10)18-21(3)46-33/h20-26,29-31,33,40-41,43H,12-19H2,1-11H3/t20-,21-,22+,23+,24-,25+,26?,29-,30?,31-,33+,34-,35-/m1/s1. The van der Waals surface area contributed by atoms with Gasteiger partial charge >= 0.3 is 5.97 Å². The molecule has 0 aromatic heterocycles. The summed E-state index contributed by atoms with van der Waals surface area (Å²) in [4.78, 5) is 37.5. The van der Waals surface area contributed by atoms with Crippen LogP contribution in [0.1, 0.15) is 81.1 Å². The van der Waals surface area contributed by atoms with Gasteiger partial charge in [-0.05, 0) is 80.6 Å².